The first-order chi connectivity index (χ1) is 14.0. The van der Waals surface area contributed by atoms with E-state index in [0.717, 1.165) is 0 Å². The molecule has 0 saturated heterocycles. The first-order valence-corrected chi connectivity index (χ1v) is 10.5. The Morgan fingerprint density at radius 1 is 1.13 bits per heavy atom. The summed E-state index contributed by atoms with van der Waals surface area (Å²) in [6, 6.07) is 8.27. The largest absolute Gasteiger partial charge is 0.417 e. The number of hydrogen-bond donors (Lipinski definition) is 1. The fourth-order valence-electron chi connectivity index (χ4n) is 3.23. The maximum absolute atomic E-state index is 12.9. The molecule has 0 atom stereocenters. The van der Waals surface area contributed by atoms with E-state index in [2.05, 4.69) is 9.97 Å². The number of rotatable bonds is 4. The number of hydrogen-bond acceptors (Lipinski definition) is 5. The molecule has 0 spiro atoms. The van der Waals surface area contributed by atoms with Gasteiger partial charge in [-0.05, 0) is 43.2 Å². The monoisotopic (exact) mass is 455 g/mol. The molecule has 30 heavy (non-hydrogen) atoms. The van der Waals surface area contributed by atoms with Crippen molar-refractivity contribution < 1.29 is 26.4 Å². The molecule has 1 N–H and O–H groups in total. The highest BCUT2D eigenvalue weighted by Crippen LogP contribution is 2.50. The Morgan fingerprint density at radius 2 is 1.87 bits per heavy atom. The smallest absolute Gasteiger partial charge is 0.273 e. The number of halogens is 4. The standard InChI is InChI=1S/C19H13ClF3N3O3S/c20-13-9-11(19(21,22)23)10-25-16(13)18(6-7-18)17(27)26-30(28,29)15-5-1-4-14-12(15)3-2-8-24-14/h1-5,8-10H,6-7H2,(H,26,27). The summed E-state index contributed by atoms with van der Waals surface area (Å²) in [5, 5.41) is -0.0138. The Bertz CT molecular complexity index is 1270. The number of benzene rings is 1. The van der Waals surface area contributed by atoms with Crippen LogP contribution in [0.4, 0.5) is 13.2 Å². The second-order valence-electron chi connectivity index (χ2n) is 6.90. The minimum absolute atomic E-state index is 0.0792. The summed E-state index contributed by atoms with van der Waals surface area (Å²) >= 11 is 5.97. The van der Waals surface area contributed by atoms with Crippen molar-refractivity contribution in [2.45, 2.75) is 29.3 Å². The zero-order valence-electron chi connectivity index (χ0n) is 15.1. The van der Waals surface area contributed by atoms with E-state index in [9.17, 15) is 26.4 Å². The van der Waals surface area contributed by atoms with E-state index in [4.69, 9.17) is 11.6 Å². The Hall–Kier alpha value is -2.72. The summed E-state index contributed by atoms with van der Waals surface area (Å²) in [6.07, 6.45) is -2.12. The first-order valence-electron chi connectivity index (χ1n) is 8.69. The molecule has 0 bridgehead atoms. The summed E-state index contributed by atoms with van der Waals surface area (Å²) in [7, 11) is -4.27. The van der Waals surface area contributed by atoms with Crippen molar-refractivity contribution in [3.05, 3.63) is 65.1 Å². The average Bonchev–Trinajstić information content (AvgIpc) is 3.48. The van der Waals surface area contributed by atoms with Crippen LogP contribution in [0.1, 0.15) is 24.1 Å². The van der Waals surface area contributed by atoms with Crippen LogP contribution in [0.15, 0.2) is 53.7 Å². The minimum Gasteiger partial charge on any atom is -0.273 e. The topological polar surface area (TPSA) is 89.0 Å². The molecule has 2 aromatic heterocycles. The van der Waals surface area contributed by atoms with Gasteiger partial charge in [0.2, 0.25) is 5.91 Å². The van der Waals surface area contributed by atoms with Crippen LogP contribution in [0, 0.1) is 0 Å². The van der Waals surface area contributed by atoms with Crippen molar-refractivity contribution in [2.75, 3.05) is 0 Å². The highest BCUT2D eigenvalue weighted by Gasteiger charge is 2.55. The molecule has 1 aliphatic carbocycles. The number of alkyl halides is 3. The third kappa shape index (κ3) is 3.50. The molecule has 4 rings (SSSR count). The third-order valence-corrected chi connectivity index (χ3v) is 6.61. The van der Waals surface area contributed by atoms with Gasteiger partial charge in [-0.3, -0.25) is 14.8 Å². The summed E-state index contributed by atoms with van der Waals surface area (Å²) in [5.41, 5.74) is -2.09. The lowest BCUT2D eigenvalue weighted by Gasteiger charge is -2.18. The molecule has 2 heterocycles. The fourth-order valence-corrected chi connectivity index (χ4v) is 4.84. The van der Waals surface area contributed by atoms with E-state index < -0.39 is 33.1 Å². The number of carbonyl (C=O) groups excluding carboxylic acids is 1. The highest BCUT2D eigenvalue weighted by molar-refractivity contribution is 7.90. The predicted octanol–water partition coefficient (Wildman–Crippen LogP) is 3.84. The van der Waals surface area contributed by atoms with Crippen molar-refractivity contribution in [1.82, 2.24) is 14.7 Å². The molecule has 1 aliphatic rings. The summed E-state index contributed by atoms with van der Waals surface area (Å²) in [5.74, 6) is -0.891. The Balaban J connectivity index is 1.67. The lowest BCUT2D eigenvalue weighted by molar-refractivity contribution is -0.137. The number of amides is 1. The maximum atomic E-state index is 12.9. The van der Waals surface area contributed by atoms with E-state index in [-0.39, 0.29) is 28.5 Å². The molecule has 0 radical (unpaired) electrons. The van der Waals surface area contributed by atoms with Crippen LogP contribution in [-0.2, 0) is 26.4 Å². The van der Waals surface area contributed by atoms with Crippen LogP contribution < -0.4 is 4.72 Å². The summed E-state index contributed by atoms with van der Waals surface area (Å²) in [4.78, 5) is 20.5. The quantitative estimate of drug-likeness (QED) is 0.645. The van der Waals surface area contributed by atoms with Gasteiger partial charge in [0, 0.05) is 17.8 Å². The van der Waals surface area contributed by atoms with E-state index in [1.807, 2.05) is 4.72 Å². The van der Waals surface area contributed by atoms with Crippen LogP contribution in [-0.4, -0.2) is 24.3 Å². The Morgan fingerprint density at radius 3 is 2.50 bits per heavy atom. The number of sulfonamides is 1. The normalized spacial score (nSPS) is 15.7. The predicted molar refractivity (Wildman–Crippen MR) is 102 cm³/mol. The number of aromatic nitrogens is 2. The van der Waals surface area contributed by atoms with Crippen molar-refractivity contribution in [3.63, 3.8) is 0 Å². The van der Waals surface area contributed by atoms with Crippen LogP contribution in [0.25, 0.3) is 10.9 Å². The van der Waals surface area contributed by atoms with E-state index in [1.165, 1.54) is 18.3 Å². The first kappa shape index (κ1) is 20.5. The SMILES string of the molecule is O=C(NS(=O)(=O)c1cccc2ncccc12)C1(c2ncc(C(F)(F)F)cc2Cl)CC1. The van der Waals surface area contributed by atoms with Gasteiger partial charge >= 0.3 is 6.18 Å². The summed E-state index contributed by atoms with van der Waals surface area (Å²) in [6.45, 7) is 0. The summed E-state index contributed by atoms with van der Waals surface area (Å²) < 4.78 is 66.3. The van der Waals surface area contributed by atoms with Crippen molar-refractivity contribution in [3.8, 4) is 0 Å². The van der Waals surface area contributed by atoms with Gasteiger partial charge in [-0.2, -0.15) is 13.2 Å². The molecular formula is C19H13ClF3N3O3S. The molecule has 1 amide bonds. The van der Waals surface area contributed by atoms with E-state index in [0.29, 0.717) is 23.2 Å². The van der Waals surface area contributed by atoms with Crippen molar-refractivity contribution >= 4 is 38.4 Å². The molecule has 6 nitrogen and oxygen atoms in total. The Labute approximate surface area is 174 Å². The minimum atomic E-state index is -4.64. The van der Waals surface area contributed by atoms with Gasteiger partial charge in [0.15, 0.2) is 0 Å². The second-order valence-corrected chi connectivity index (χ2v) is 8.95. The third-order valence-electron chi connectivity index (χ3n) is 4.93. The van der Waals surface area contributed by atoms with Crippen LogP contribution in [0.3, 0.4) is 0 Å². The Kier molecular flexibility index (Phi) is 4.74. The van der Waals surface area contributed by atoms with E-state index >= 15 is 0 Å². The molecular weight excluding hydrogens is 443 g/mol. The molecule has 3 aromatic rings. The van der Waals surface area contributed by atoms with Crippen LogP contribution in [0.5, 0.6) is 0 Å². The number of carbonyl (C=O) groups is 1. The molecule has 0 aliphatic heterocycles. The van der Waals surface area contributed by atoms with Gasteiger partial charge in [0.05, 0.1) is 32.1 Å². The molecule has 11 heteroatoms. The maximum Gasteiger partial charge on any atom is 0.417 e. The van der Waals surface area contributed by atoms with Crippen molar-refractivity contribution in [2.24, 2.45) is 0 Å². The lowest BCUT2D eigenvalue weighted by atomic mass is 10.0. The highest BCUT2D eigenvalue weighted by atomic mass is 35.5. The molecule has 1 aromatic carbocycles. The van der Waals surface area contributed by atoms with Gasteiger partial charge in [-0.25, -0.2) is 13.1 Å². The molecule has 1 saturated carbocycles. The number of nitrogens with one attached hydrogen (secondary N) is 1. The number of fused-ring (bicyclic) bond motifs is 1. The van der Waals surface area contributed by atoms with Gasteiger partial charge in [-0.1, -0.05) is 17.7 Å². The van der Waals surface area contributed by atoms with Crippen LogP contribution in [0.2, 0.25) is 5.02 Å². The van der Waals surface area contributed by atoms with Gasteiger partial charge in [0.25, 0.3) is 10.0 Å². The fraction of sp³-hybridized carbons (Fsp3) is 0.211. The second kappa shape index (κ2) is 6.92. The zero-order valence-corrected chi connectivity index (χ0v) is 16.6. The lowest BCUT2D eigenvalue weighted by Crippen LogP contribution is -2.39. The van der Waals surface area contributed by atoms with Gasteiger partial charge in [0.1, 0.15) is 0 Å². The molecule has 1 fully saturated rings. The van der Waals surface area contributed by atoms with E-state index in [1.54, 1.807) is 18.2 Å². The zero-order chi connectivity index (χ0) is 21.7. The van der Waals surface area contributed by atoms with Crippen molar-refractivity contribution in [1.29, 1.82) is 0 Å². The number of nitrogens with zero attached hydrogens (tertiary/aromatic N) is 2. The number of pyridine rings is 2. The average molecular weight is 456 g/mol. The van der Waals surface area contributed by atoms with Crippen LogP contribution >= 0.6 is 11.6 Å². The van der Waals surface area contributed by atoms with Gasteiger partial charge in [-0.15, -0.1) is 0 Å². The van der Waals surface area contributed by atoms with Gasteiger partial charge < -0.3 is 0 Å². The molecule has 156 valence electrons. The molecule has 0 unspecified atom stereocenters.